The van der Waals surface area contributed by atoms with Gasteiger partial charge in [-0.3, -0.25) is 19.2 Å². The summed E-state index contributed by atoms with van der Waals surface area (Å²) in [5, 5.41) is 7.47. The Morgan fingerprint density at radius 3 is 2.44 bits per heavy atom. The average Bonchev–Trinajstić information content (AvgIpc) is 3.15. The number of carbonyl (C=O) groups excluding carboxylic acids is 2. The van der Waals surface area contributed by atoms with Gasteiger partial charge in [0, 0.05) is 45.8 Å². The van der Waals surface area contributed by atoms with E-state index in [4.69, 9.17) is 11.6 Å². The SMILES string of the molecule is Cc1ccccc1CN1CCN(C(=O)c2cc(NC(=O)c3ccccc3Cl)n(C)n2)CC1. The molecular formula is C24H26ClN5O2. The minimum absolute atomic E-state index is 0.130. The summed E-state index contributed by atoms with van der Waals surface area (Å²) in [4.78, 5) is 29.7. The van der Waals surface area contributed by atoms with Crippen molar-refractivity contribution in [3.05, 3.63) is 82.0 Å². The maximum absolute atomic E-state index is 13.0. The maximum atomic E-state index is 13.0. The third kappa shape index (κ3) is 4.84. The van der Waals surface area contributed by atoms with E-state index in [1.807, 2.05) is 11.0 Å². The first-order chi connectivity index (χ1) is 15.4. The third-order valence-corrected chi connectivity index (χ3v) is 6.10. The largest absolute Gasteiger partial charge is 0.335 e. The molecule has 7 nitrogen and oxygen atoms in total. The lowest BCUT2D eigenvalue weighted by molar-refractivity contribution is 0.0621. The Hall–Kier alpha value is -3.16. The first-order valence-electron chi connectivity index (χ1n) is 10.6. The zero-order chi connectivity index (χ0) is 22.7. The lowest BCUT2D eigenvalue weighted by atomic mass is 10.1. The first kappa shape index (κ1) is 22.0. The van der Waals surface area contributed by atoms with Gasteiger partial charge < -0.3 is 10.2 Å². The van der Waals surface area contributed by atoms with Crippen LogP contribution in [0.4, 0.5) is 5.82 Å². The Bertz CT molecular complexity index is 1130. The minimum atomic E-state index is -0.345. The molecule has 1 N–H and O–H groups in total. The number of hydrogen-bond acceptors (Lipinski definition) is 4. The standard InChI is InChI=1S/C24H26ClN5O2/c1-17-7-3-4-8-18(17)16-29-11-13-30(14-12-29)24(32)21-15-22(28(2)27-21)26-23(31)19-9-5-6-10-20(19)25/h3-10,15H,11-14,16H2,1-2H3,(H,26,31). The highest BCUT2D eigenvalue weighted by atomic mass is 35.5. The number of benzene rings is 2. The molecule has 166 valence electrons. The second-order valence-electron chi connectivity index (χ2n) is 7.97. The number of halogens is 1. The molecule has 2 aromatic carbocycles. The molecule has 0 unspecified atom stereocenters. The molecular weight excluding hydrogens is 426 g/mol. The van der Waals surface area contributed by atoms with Crippen molar-refractivity contribution in [3.8, 4) is 0 Å². The van der Waals surface area contributed by atoms with Gasteiger partial charge in [-0.1, -0.05) is 48.0 Å². The molecule has 0 bridgehead atoms. The van der Waals surface area contributed by atoms with Crippen LogP contribution in [0.3, 0.4) is 0 Å². The summed E-state index contributed by atoms with van der Waals surface area (Å²) < 4.78 is 1.50. The number of aryl methyl sites for hydroxylation is 2. The van der Waals surface area contributed by atoms with Gasteiger partial charge in [0.25, 0.3) is 11.8 Å². The monoisotopic (exact) mass is 451 g/mol. The Morgan fingerprint density at radius 1 is 1.03 bits per heavy atom. The fourth-order valence-corrected chi connectivity index (χ4v) is 4.04. The predicted molar refractivity (Wildman–Crippen MR) is 125 cm³/mol. The molecule has 2 amide bonds. The van der Waals surface area contributed by atoms with Crippen LogP contribution in [-0.4, -0.2) is 57.6 Å². The van der Waals surface area contributed by atoms with Crippen LogP contribution in [0.25, 0.3) is 0 Å². The average molecular weight is 452 g/mol. The maximum Gasteiger partial charge on any atom is 0.274 e. The summed E-state index contributed by atoms with van der Waals surface area (Å²) in [6.45, 7) is 5.91. The van der Waals surface area contributed by atoms with E-state index < -0.39 is 0 Å². The molecule has 0 saturated carbocycles. The van der Waals surface area contributed by atoms with Gasteiger partial charge >= 0.3 is 0 Å². The highest BCUT2D eigenvalue weighted by Gasteiger charge is 2.25. The molecule has 1 aliphatic rings. The number of carbonyl (C=O) groups is 2. The van der Waals surface area contributed by atoms with Crippen LogP contribution < -0.4 is 5.32 Å². The second kappa shape index (κ2) is 9.54. The fourth-order valence-electron chi connectivity index (χ4n) is 3.82. The topological polar surface area (TPSA) is 70.5 Å². The molecule has 4 rings (SSSR count). The highest BCUT2D eigenvalue weighted by Crippen LogP contribution is 2.19. The number of aromatic nitrogens is 2. The predicted octanol–water partition coefficient (Wildman–Crippen LogP) is 3.59. The Labute approximate surface area is 192 Å². The lowest BCUT2D eigenvalue weighted by Crippen LogP contribution is -2.48. The van der Waals surface area contributed by atoms with Gasteiger partial charge in [0.05, 0.1) is 10.6 Å². The van der Waals surface area contributed by atoms with Crippen LogP contribution in [0, 0.1) is 6.92 Å². The van der Waals surface area contributed by atoms with E-state index in [0.717, 1.165) is 19.6 Å². The van der Waals surface area contributed by atoms with Gasteiger partial charge in [0.1, 0.15) is 5.82 Å². The molecule has 1 aliphatic heterocycles. The molecule has 2 heterocycles. The van der Waals surface area contributed by atoms with Crippen molar-refractivity contribution >= 4 is 29.2 Å². The highest BCUT2D eigenvalue weighted by molar-refractivity contribution is 6.34. The molecule has 0 atom stereocenters. The van der Waals surface area contributed by atoms with Crippen molar-refractivity contribution in [3.63, 3.8) is 0 Å². The minimum Gasteiger partial charge on any atom is -0.335 e. The van der Waals surface area contributed by atoms with Crippen molar-refractivity contribution in [1.29, 1.82) is 0 Å². The molecule has 1 aromatic heterocycles. The van der Waals surface area contributed by atoms with Crippen molar-refractivity contribution in [2.75, 3.05) is 31.5 Å². The van der Waals surface area contributed by atoms with E-state index in [-0.39, 0.29) is 11.8 Å². The number of rotatable bonds is 5. The Balaban J connectivity index is 1.37. The zero-order valence-electron chi connectivity index (χ0n) is 18.2. The number of nitrogens with one attached hydrogen (secondary N) is 1. The lowest BCUT2D eigenvalue weighted by Gasteiger charge is -2.34. The van der Waals surface area contributed by atoms with Crippen molar-refractivity contribution in [1.82, 2.24) is 19.6 Å². The summed E-state index contributed by atoms with van der Waals surface area (Å²) in [5.74, 6) is -0.0340. The molecule has 1 fully saturated rings. The van der Waals surface area contributed by atoms with E-state index >= 15 is 0 Å². The normalized spacial score (nSPS) is 14.4. The number of piperazine rings is 1. The Morgan fingerprint density at radius 2 is 1.72 bits per heavy atom. The van der Waals surface area contributed by atoms with E-state index in [9.17, 15) is 9.59 Å². The second-order valence-corrected chi connectivity index (χ2v) is 8.37. The van der Waals surface area contributed by atoms with Crippen LogP contribution in [-0.2, 0) is 13.6 Å². The molecule has 32 heavy (non-hydrogen) atoms. The summed E-state index contributed by atoms with van der Waals surface area (Å²) in [6, 6.07) is 16.8. The third-order valence-electron chi connectivity index (χ3n) is 5.77. The van der Waals surface area contributed by atoms with Crippen LogP contribution in [0.15, 0.2) is 54.6 Å². The van der Waals surface area contributed by atoms with Crippen LogP contribution in [0.5, 0.6) is 0 Å². The van der Waals surface area contributed by atoms with Gasteiger partial charge in [-0.25, -0.2) is 0 Å². The van der Waals surface area contributed by atoms with Crippen molar-refractivity contribution in [2.45, 2.75) is 13.5 Å². The van der Waals surface area contributed by atoms with Gasteiger partial charge in [-0.05, 0) is 30.2 Å². The van der Waals surface area contributed by atoms with Gasteiger partial charge in [0.15, 0.2) is 5.69 Å². The quantitative estimate of drug-likeness (QED) is 0.643. The first-order valence-corrected chi connectivity index (χ1v) is 11.0. The molecule has 0 radical (unpaired) electrons. The summed E-state index contributed by atoms with van der Waals surface area (Å²) in [5.41, 5.74) is 3.28. The number of amides is 2. The van der Waals surface area contributed by atoms with Gasteiger partial charge in [0.2, 0.25) is 0 Å². The fraction of sp³-hybridized carbons (Fsp3) is 0.292. The van der Waals surface area contributed by atoms with Crippen molar-refractivity contribution in [2.24, 2.45) is 7.05 Å². The number of nitrogens with zero attached hydrogens (tertiary/aromatic N) is 4. The van der Waals surface area contributed by atoms with E-state index in [1.54, 1.807) is 37.4 Å². The molecule has 8 heteroatoms. The molecule has 0 aliphatic carbocycles. The summed E-state index contributed by atoms with van der Waals surface area (Å²) in [7, 11) is 1.69. The van der Waals surface area contributed by atoms with E-state index in [1.165, 1.54) is 15.8 Å². The van der Waals surface area contributed by atoms with Crippen LogP contribution in [0.2, 0.25) is 5.02 Å². The summed E-state index contributed by atoms with van der Waals surface area (Å²) in [6.07, 6.45) is 0. The van der Waals surface area contributed by atoms with E-state index in [2.05, 4.69) is 40.4 Å². The van der Waals surface area contributed by atoms with Crippen LogP contribution >= 0.6 is 11.6 Å². The molecule has 0 spiro atoms. The number of anilines is 1. The summed E-state index contributed by atoms with van der Waals surface area (Å²) >= 11 is 6.11. The van der Waals surface area contributed by atoms with Crippen LogP contribution in [0.1, 0.15) is 32.0 Å². The van der Waals surface area contributed by atoms with Gasteiger partial charge in [-0.15, -0.1) is 0 Å². The molecule has 3 aromatic rings. The molecule has 1 saturated heterocycles. The van der Waals surface area contributed by atoms with E-state index in [0.29, 0.717) is 35.2 Å². The zero-order valence-corrected chi connectivity index (χ0v) is 19.0. The van der Waals surface area contributed by atoms with Gasteiger partial charge in [-0.2, -0.15) is 5.10 Å². The number of hydrogen-bond donors (Lipinski definition) is 1. The Kier molecular flexibility index (Phi) is 6.58. The van der Waals surface area contributed by atoms with Crippen molar-refractivity contribution < 1.29 is 9.59 Å². The smallest absolute Gasteiger partial charge is 0.274 e.